The third-order valence-electron chi connectivity index (χ3n) is 3.97. The van der Waals surface area contributed by atoms with Gasteiger partial charge in [0.25, 0.3) is 5.56 Å². The van der Waals surface area contributed by atoms with Crippen LogP contribution in [0.1, 0.15) is 25.3 Å². The van der Waals surface area contributed by atoms with Crippen LogP contribution in [-0.2, 0) is 0 Å². The van der Waals surface area contributed by atoms with Gasteiger partial charge in [0.2, 0.25) is 0 Å². The number of nitrogen functional groups attached to an aromatic ring is 1. The molecule has 0 aromatic carbocycles. The summed E-state index contributed by atoms with van der Waals surface area (Å²) in [6.45, 7) is 0. The molecular formula is C15H14N4OS. The van der Waals surface area contributed by atoms with E-state index in [0.29, 0.717) is 15.9 Å². The van der Waals surface area contributed by atoms with E-state index in [9.17, 15) is 4.79 Å². The van der Waals surface area contributed by atoms with Crippen molar-refractivity contribution in [2.45, 2.75) is 25.3 Å². The summed E-state index contributed by atoms with van der Waals surface area (Å²) in [5.41, 5.74) is 7.32. The fraction of sp³-hybridized carbons (Fsp3) is 0.267. The van der Waals surface area contributed by atoms with E-state index in [1.165, 1.54) is 11.3 Å². The molecule has 1 aliphatic rings. The maximum Gasteiger partial charge on any atom is 0.271 e. The van der Waals surface area contributed by atoms with Crippen molar-refractivity contribution >= 4 is 37.5 Å². The average molecular weight is 298 g/mol. The highest BCUT2D eigenvalue weighted by Gasteiger charge is 2.18. The van der Waals surface area contributed by atoms with Gasteiger partial charge in [0.05, 0.1) is 17.2 Å². The molecule has 21 heavy (non-hydrogen) atoms. The molecular weight excluding hydrogens is 284 g/mol. The lowest BCUT2D eigenvalue weighted by atomic mass is 10.0. The van der Waals surface area contributed by atoms with Gasteiger partial charge >= 0.3 is 0 Å². The van der Waals surface area contributed by atoms with Crippen molar-refractivity contribution < 1.29 is 0 Å². The van der Waals surface area contributed by atoms with Crippen molar-refractivity contribution in [1.29, 1.82) is 0 Å². The lowest BCUT2D eigenvalue weighted by molar-refractivity contribution is 0.446. The summed E-state index contributed by atoms with van der Waals surface area (Å²) in [5.74, 6) is 0. The van der Waals surface area contributed by atoms with E-state index in [1.807, 2.05) is 0 Å². The van der Waals surface area contributed by atoms with Crippen molar-refractivity contribution in [3.63, 3.8) is 0 Å². The maximum absolute atomic E-state index is 12.7. The highest BCUT2D eigenvalue weighted by atomic mass is 32.1. The fourth-order valence-corrected chi connectivity index (χ4v) is 3.95. The van der Waals surface area contributed by atoms with Crippen LogP contribution in [-0.4, -0.2) is 14.5 Å². The van der Waals surface area contributed by atoms with Crippen LogP contribution in [0.25, 0.3) is 20.4 Å². The molecule has 5 nitrogen and oxygen atoms in total. The lowest BCUT2D eigenvalue weighted by Crippen LogP contribution is -2.25. The molecule has 6 heteroatoms. The molecule has 0 bridgehead atoms. The summed E-state index contributed by atoms with van der Waals surface area (Å²) in [6, 6.07) is 1.95. The maximum atomic E-state index is 12.7. The number of rotatable bonds is 1. The second-order valence-electron chi connectivity index (χ2n) is 5.26. The van der Waals surface area contributed by atoms with Crippen LogP contribution in [0, 0.1) is 0 Å². The largest absolute Gasteiger partial charge is 0.398 e. The van der Waals surface area contributed by atoms with Gasteiger partial charge in [0.15, 0.2) is 0 Å². The zero-order valence-corrected chi connectivity index (χ0v) is 12.1. The van der Waals surface area contributed by atoms with Gasteiger partial charge in [0.1, 0.15) is 9.53 Å². The minimum atomic E-state index is 0.0164. The molecule has 0 aliphatic heterocycles. The summed E-state index contributed by atoms with van der Waals surface area (Å²) >= 11 is 1.38. The summed E-state index contributed by atoms with van der Waals surface area (Å²) < 4.78 is 2.41. The van der Waals surface area contributed by atoms with Gasteiger partial charge in [-0.3, -0.25) is 9.36 Å². The summed E-state index contributed by atoms with van der Waals surface area (Å²) in [7, 11) is 0. The van der Waals surface area contributed by atoms with Crippen LogP contribution in [0.4, 0.5) is 5.69 Å². The fourth-order valence-electron chi connectivity index (χ4n) is 2.88. The van der Waals surface area contributed by atoms with Crippen LogP contribution in [0.5, 0.6) is 0 Å². The zero-order valence-electron chi connectivity index (χ0n) is 11.3. The van der Waals surface area contributed by atoms with Crippen molar-refractivity contribution in [3.05, 3.63) is 41.1 Å². The SMILES string of the molecule is Nc1ccnc2sc3c(=O)n(C4CC=CCC4)cnc3c12. The van der Waals surface area contributed by atoms with Crippen LogP contribution >= 0.6 is 11.3 Å². The number of hydrogen-bond acceptors (Lipinski definition) is 5. The molecule has 1 atom stereocenters. The minimum Gasteiger partial charge on any atom is -0.398 e. The van der Waals surface area contributed by atoms with Gasteiger partial charge in [-0.25, -0.2) is 9.97 Å². The van der Waals surface area contributed by atoms with Gasteiger partial charge < -0.3 is 5.73 Å². The van der Waals surface area contributed by atoms with Gasteiger partial charge in [-0.2, -0.15) is 0 Å². The van der Waals surface area contributed by atoms with Crippen LogP contribution < -0.4 is 11.3 Å². The third-order valence-corrected chi connectivity index (χ3v) is 5.05. The van der Waals surface area contributed by atoms with Gasteiger partial charge in [-0.15, -0.1) is 11.3 Å². The van der Waals surface area contributed by atoms with Crippen LogP contribution in [0.15, 0.2) is 35.5 Å². The summed E-state index contributed by atoms with van der Waals surface area (Å²) in [6.07, 6.45) is 10.5. The predicted octanol–water partition coefficient (Wildman–Crippen LogP) is 2.87. The molecule has 0 fully saturated rings. The normalized spacial score (nSPS) is 18.6. The molecule has 3 aromatic heterocycles. The minimum absolute atomic E-state index is 0.0164. The Bertz CT molecular complexity index is 924. The van der Waals surface area contributed by atoms with E-state index < -0.39 is 0 Å². The van der Waals surface area contributed by atoms with Crippen molar-refractivity contribution in [3.8, 4) is 0 Å². The number of nitrogens with zero attached hydrogens (tertiary/aromatic N) is 3. The first-order valence-corrected chi connectivity index (χ1v) is 7.76. The number of allylic oxidation sites excluding steroid dienone is 2. The molecule has 2 N–H and O–H groups in total. The lowest BCUT2D eigenvalue weighted by Gasteiger charge is -2.19. The van der Waals surface area contributed by atoms with Crippen molar-refractivity contribution in [1.82, 2.24) is 14.5 Å². The zero-order chi connectivity index (χ0) is 14.4. The Morgan fingerprint density at radius 3 is 3.05 bits per heavy atom. The van der Waals surface area contributed by atoms with E-state index >= 15 is 0 Å². The molecule has 3 aromatic rings. The standard InChI is InChI=1S/C15H14N4OS/c16-10-6-7-17-14-11(10)12-13(21-14)15(20)19(8-18-12)9-4-2-1-3-5-9/h1-2,6-9H,3-5H2,(H2,16,17). The first kappa shape index (κ1) is 12.5. The van der Waals surface area contributed by atoms with Crippen molar-refractivity contribution in [2.75, 3.05) is 5.73 Å². The Kier molecular flexibility index (Phi) is 2.78. The molecule has 0 radical (unpaired) electrons. The number of hydrogen-bond donors (Lipinski definition) is 1. The van der Waals surface area contributed by atoms with E-state index in [-0.39, 0.29) is 11.6 Å². The monoisotopic (exact) mass is 298 g/mol. The van der Waals surface area contributed by atoms with Gasteiger partial charge in [-0.1, -0.05) is 12.2 Å². The highest BCUT2D eigenvalue weighted by Crippen LogP contribution is 2.33. The third kappa shape index (κ3) is 1.86. The summed E-state index contributed by atoms with van der Waals surface area (Å²) in [4.78, 5) is 22.3. The Balaban J connectivity index is 1.99. The Labute approximate surface area is 124 Å². The number of pyridine rings is 1. The molecule has 1 aliphatic carbocycles. The molecule has 0 saturated carbocycles. The van der Waals surface area contributed by atoms with Crippen LogP contribution in [0.2, 0.25) is 0 Å². The van der Waals surface area contributed by atoms with E-state index in [0.717, 1.165) is 29.5 Å². The molecule has 0 saturated heterocycles. The van der Waals surface area contributed by atoms with E-state index in [2.05, 4.69) is 22.1 Å². The molecule has 106 valence electrons. The van der Waals surface area contributed by atoms with Gasteiger partial charge in [0, 0.05) is 17.9 Å². The summed E-state index contributed by atoms with van der Waals surface area (Å²) in [5, 5.41) is 0.797. The van der Waals surface area contributed by atoms with E-state index in [4.69, 9.17) is 5.73 Å². The number of aromatic nitrogens is 3. The second-order valence-corrected chi connectivity index (χ2v) is 6.25. The number of nitrogens with two attached hydrogens (primary N) is 1. The molecule has 0 amide bonds. The average Bonchev–Trinajstić information content (AvgIpc) is 2.89. The Hall–Kier alpha value is -2.21. The topological polar surface area (TPSA) is 73.8 Å². The highest BCUT2D eigenvalue weighted by molar-refractivity contribution is 7.25. The number of anilines is 1. The molecule has 0 spiro atoms. The van der Waals surface area contributed by atoms with Crippen LogP contribution in [0.3, 0.4) is 0 Å². The Morgan fingerprint density at radius 1 is 1.33 bits per heavy atom. The van der Waals surface area contributed by atoms with E-state index in [1.54, 1.807) is 23.2 Å². The first-order chi connectivity index (χ1) is 10.3. The molecule has 3 heterocycles. The molecule has 1 unspecified atom stereocenters. The molecule has 4 rings (SSSR count). The first-order valence-electron chi connectivity index (χ1n) is 6.94. The predicted molar refractivity (Wildman–Crippen MR) is 85.6 cm³/mol. The van der Waals surface area contributed by atoms with Crippen molar-refractivity contribution in [2.24, 2.45) is 0 Å². The smallest absolute Gasteiger partial charge is 0.271 e. The number of thiophene rings is 1. The number of fused-ring (bicyclic) bond motifs is 3. The Morgan fingerprint density at radius 2 is 2.24 bits per heavy atom. The quantitative estimate of drug-likeness (QED) is 0.701. The van der Waals surface area contributed by atoms with Gasteiger partial charge in [-0.05, 0) is 25.3 Å². The second kappa shape index (κ2) is 4.66.